The number of pyridine rings is 1. The molecule has 0 spiro atoms. The monoisotopic (exact) mass is 435 g/mol. The van der Waals surface area contributed by atoms with E-state index in [1.54, 1.807) is 0 Å². The number of likely N-dealkylation sites (N-methyl/N-ethyl adjacent to an activating group) is 1. The van der Waals surface area contributed by atoms with E-state index in [1.165, 1.54) is 19.3 Å². The zero-order chi connectivity index (χ0) is 22.1. The van der Waals surface area contributed by atoms with Gasteiger partial charge in [-0.25, -0.2) is 4.68 Å². The number of aromatic nitrogens is 5. The summed E-state index contributed by atoms with van der Waals surface area (Å²) in [6.45, 7) is 9.04. The highest BCUT2D eigenvalue weighted by atomic mass is 16.1. The molecule has 0 amide bonds. The molecule has 3 heterocycles. The molecule has 5 rings (SSSR count). The summed E-state index contributed by atoms with van der Waals surface area (Å²) in [5, 5.41) is 14.1. The number of aromatic amines is 1. The molecule has 2 aliphatic rings. The van der Waals surface area contributed by atoms with Gasteiger partial charge in [-0.3, -0.25) is 9.69 Å². The van der Waals surface area contributed by atoms with Gasteiger partial charge in [-0.2, -0.15) is 0 Å². The van der Waals surface area contributed by atoms with Crippen LogP contribution in [0.4, 0.5) is 0 Å². The van der Waals surface area contributed by atoms with Crippen LogP contribution in [-0.2, 0) is 0 Å². The second-order valence-electron chi connectivity index (χ2n) is 9.24. The van der Waals surface area contributed by atoms with Crippen LogP contribution in [0.2, 0.25) is 0 Å². The van der Waals surface area contributed by atoms with Gasteiger partial charge in [0.15, 0.2) is 5.82 Å². The molecule has 3 aromatic rings. The van der Waals surface area contributed by atoms with Crippen molar-refractivity contribution in [2.75, 3.05) is 32.7 Å². The average Bonchev–Trinajstić information content (AvgIpc) is 3.31. The van der Waals surface area contributed by atoms with Crippen molar-refractivity contribution in [1.82, 2.24) is 35.0 Å². The lowest BCUT2D eigenvalue weighted by Crippen LogP contribution is -2.49. The first-order valence-corrected chi connectivity index (χ1v) is 12.0. The third-order valence-corrected chi connectivity index (χ3v) is 7.31. The van der Waals surface area contributed by atoms with Gasteiger partial charge < -0.3 is 9.88 Å². The summed E-state index contributed by atoms with van der Waals surface area (Å²) in [6, 6.07) is 8.26. The van der Waals surface area contributed by atoms with Crippen molar-refractivity contribution in [3.05, 3.63) is 51.6 Å². The summed E-state index contributed by atoms with van der Waals surface area (Å²) in [5.41, 5.74) is 2.67. The maximum Gasteiger partial charge on any atom is 0.253 e. The summed E-state index contributed by atoms with van der Waals surface area (Å²) in [7, 11) is 0. The van der Waals surface area contributed by atoms with Crippen LogP contribution < -0.4 is 5.56 Å². The Balaban J connectivity index is 1.61. The second-order valence-corrected chi connectivity index (χ2v) is 9.24. The molecule has 2 aromatic heterocycles. The highest BCUT2D eigenvalue weighted by molar-refractivity contribution is 5.82. The van der Waals surface area contributed by atoms with Crippen molar-refractivity contribution in [3.8, 4) is 0 Å². The minimum atomic E-state index is -0.250. The number of nitrogens with one attached hydrogen (secondary N) is 1. The van der Waals surface area contributed by atoms with Crippen molar-refractivity contribution in [3.63, 3.8) is 0 Å². The Hall–Kier alpha value is -2.58. The summed E-state index contributed by atoms with van der Waals surface area (Å²) in [4.78, 5) is 21.4. The first kappa shape index (κ1) is 21.3. The molecule has 8 nitrogen and oxygen atoms in total. The van der Waals surface area contributed by atoms with Gasteiger partial charge in [-0.1, -0.05) is 44.4 Å². The van der Waals surface area contributed by atoms with Gasteiger partial charge in [0.25, 0.3) is 5.56 Å². The normalized spacial score (nSPS) is 20.1. The van der Waals surface area contributed by atoms with Crippen LogP contribution in [-0.4, -0.2) is 67.7 Å². The van der Waals surface area contributed by atoms with Crippen LogP contribution in [0, 0.1) is 6.92 Å². The number of piperazine rings is 1. The smallest absolute Gasteiger partial charge is 0.253 e. The highest BCUT2D eigenvalue weighted by Gasteiger charge is 2.34. The van der Waals surface area contributed by atoms with E-state index in [-0.39, 0.29) is 11.6 Å². The lowest BCUT2D eigenvalue weighted by Gasteiger charge is -2.38. The number of aryl methyl sites for hydroxylation is 1. The first-order chi connectivity index (χ1) is 15.7. The molecular formula is C24H33N7O. The number of rotatable bonds is 5. The van der Waals surface area contributed by atoms with Crippen LogP contribution in [0.3, 0.4) is 0 Å². The minimum Gasteiger partial charge on any atom is -0.321 e. The van der Waals surface area contributed by atoms with E-state index in [1.807, 2.05) is 23.7 Å². The number of para-hydroxylation sites is 1. The summed E-state index contributed by atoms with van der Waals surface area (Å²) >= 11 is 0. The molecule has 1 saturated carbocycles. The number of nitrogens with zero attached hydrogens (tertiary/aromatic N) is 6. The molecule has 1 N–H and O–H groups in total. The lowest BCUT2D eigenvalue weighted by molar-refractivity contribution is 0.106. The fraction of sp³-hybridized carbons (Fsp3) is 0.583. The lowest BCUT2D eigenvalue weighted by atomic mass is 9.95. The van der Waals surface area contributed by atoms with Crippen molar-refractivity contribution in [2.24, 2.45) is 0 Å². The largest absolute Gasteiger partial charge is 0.321 e. The van der Waals surface area contributed by atoms with Crippen LogP contribution in [0.5, 0.6) is 0 Å². The zero-order valence-electron chi connectivity index (χ0n) is 19.1. The van der Waals surface area contributed by atoms with Gasteiger partial charge in [-0.15, -0.1) is 5.10 Å². The Labute approximate surface area is 188 Å². The number of fused-ring (bicyclic) bond motifs is 1. The van der Waals surface area contributed by atoms with E-state index in [9.17, 15) is 4.79 Å². The van der Waals surface area contributed by atoms with Gasteiger partial charge >= 0.3 is 0 Å². The Bertz CT molecular complexity index is 1120. The molecule has 8 heteroatoms. The van der Waals surface area contributed by atoms with Crippen LogP contribution in [0.25, 0.3) is 10.9 Å². The molecule has 0 unspecified atom stereocenters. The average molecular weight is 436 g/mol. The number of benzene rings is 1. The maximum atomic E-state index is 13.4. The van der Waals surface area contributed by atoms with Gasteiger partial charge in [0, 0.05) is 31.7 Å². The van der Waals surface area contributed by atoms with E-state index in [4.69, 9.17) is 0 Å². The standard InChI is InChI=1S/C24H33N7O/c1-3-29-12-14-30(15-13-29)22(23-26-27-28-31(23)19-10-5-4-6-11-19)20-16-18-9-7-8-17(2)21(18)25-24(20)32/h7-9,16,19,22H,3-6,10-15H2,1-2H3,(H,25,32)/t22-/m0/s1. The Morgan fingerprint density at radius 2 is 1.91 bits per heavy atom. The van der Waals surface area contributed by atoms with Crippen LogP contribution >= 0.6 is 0 Å². The number of H-pyrrole nitrogens is 1. The molecule has 1 aliphatic heterocycles. The van der Waals surface area contributed by atoms with Gasteiger partial charge in [-0.05, 0) is 53.8 Å². The van der Waals surface area contributed by atoms with E-state index >= 15 is 0 Å². The Morgan fingerprint density at radius 3 is 2.66 bits per heavy atom. The fourth-order valence-electron chi connectivity index (χ4n) is 5.41. The predicted molar refractivity (Wildman–Crippen MR) is 125 cm³/mol. The zero-order valence-corrected chi connectivity index (χ0v) is 19.1. The number of hydrogen-bond acceptors (Lipinski definition) is 6. The molecule has 1 atom stereocenters. The molecule has 170 valence electrons. The molecule has 1 aromatic carbocycles. The number of tetrazole rings is 1. The second kappa shape index (κ2) is 9.11. The third kappa shape index (κ3) is 3.97. The van der Waals surface area contributed by atoms with Crippen LogP contribution in [0.15, 0.2) is 29.1 Å². The third-order valence-electron chi connectivity index (χ3n) is 7.31. The molecule has 0 bridgehead atoms. The van der Waals surface area contributed by atoms with Gasteiger partial charge in [0.1, 0.15) is 6.04 Å². The quantitative estimate of drug-likeness (QED) is 0.663. The van der Waals surface area contributed by atoms with Crippen molar-refractivity contribution >= 4 is 10.9 Å². The van der Waals surface area contributed by atoms with Crippen molar-refractivity contribution in [1.29, 1.82) is 0 Å². The number of hydrogen-bond donors (Lipinski definition) is 1. The fourth-order valence-corrected chi connectivity index (χ4v) is 5.41. The predicted octanol–water partition coefficient (Wildman–Crippen LogP) is 3.06. The topological polar surface area (TPSA) is 82.9 Å². The summed E-state index contributed by atoms with van der Waals surface area (Å²) < 4.78 is 2.02. The molecular weight excluding hydrogens is 402 g/mol. The molecule has 32 heavy (non-hydrogen) atoms. The van der Waals surface area contributed by atoms with Crippen LogP contribution in [0.1, 0.15) is 68.1 Å². The summed E-state index contributed by atoms with van der Waals surface area (Å²) in [6.07, 6.45) is 5.89. The van der Waals surface area contributed by atoms with E-state index in [0.717, 1.165) is 73.4 Å². The Kier molecular flexibility index (Phi) is 6.06. The Morgan fingerprint density at radius 1 is 1.12 bits per heavy atom. The minimum absolute atomic E-state index is 0.0482. The highest BCUT2D eigenvalue weighted by Crippen LogP contribution is 2.33. The molecule has 1 aliphatic carbocycles. The van der Waals surface area contributed by atoms with E-state index in [0.29, 0.717) is 6.04 Å². The molecule has 2 fully saturated rings. The SMILES string of the molecule is CCN1CCN([C@@H](c2cc3cccc(C)c3[nH]c2=O)c2nnnn2C2CCCCC2)CC1. The van der Waals surface area contributed by atoms with E-state index < -0.39 is 0 Å². The van der Waals surface area contributed by atoms with Crippen molar-refractivity contribution in [2.45, 2.75) is 58.0 Å². The van der Waals surface area contributed by atoms with Gasteiger partial charge in [0.05, 0.1) is 11.6 Å². The maximum absolute atomic E-state index is 13.4. The van der Waals surface area contributed by atoms with Gasteiger partial charge in [0.2, 0.25) is 0 Å². The molecule has 1 saturated heterocycles. The summed E-state index contributed by atoms with van der Waals surface area (Å²) in [5.74, 6) is 0.805. The first-order valence-electron chi connectivity index (χ1n) is 12.0. The van der Waals surface area contributed by atoms with E-state index in [2.05, 4.69) is 49.4 Å². The van der Waals surface area contributed by atoms with Crippen molar-refractivity contribution < 1.29 is 0 Å². The molecule has 0 radical (unpaired) electrons.